The maximum absolute atomic E-state index is 11.1. The molecular weight excluding hydrogens is 244 g/mol. The van der Waals surface area contributed by atoms with Crippen LogP contribution in [0, 0.1) is 0 Å². The Labute approximate surface area is 101 Å². The summed E-state index contributed by atoms with van der Waals surface area (Å²) in [5.41, 5.74) is 1.63. The van der Waals surface area contributed by atoms with Crippen molar-refractivity contribution in [1.29, 1.82) is 0 Å². The van der Waals surface area contributed by atoms with Crippen molar-refractivity contribution in [3.05, 3.63) is 53.6 Å². The molecule has 4 heteroatoms. The Kier molecular flexibility index (Phi) is 3.39. The van der Waals surface area contributed by atoms with Gasteiger partial charge in [-0.1, -0.05) is 41.9 Å². The molecule has 1 N–H and O–H groups in total. The topological polar surface area (TPSA) is 37.3 Å². The van der Waals surface area contributed by atoms with E-state index in [0.717, 1.165) is 11.1 Å². The second kappa shape index (κ2) is 4.78. The number of benzene rings is 2. The van der Waals surface area contributed by atoms with Gasteiger partial charge in [0, 0.05) is 10.6 Å². The summed E-state index contributed by atoms with van der Waals surface area (Å²) < 4.78 is 20.3. The highest BCUT2D eigenvalue weighted by Crippen LogP contribution is 2.26. The van der Waals surface area contributed by atoms with Crippen LogP contribution in [0.15, 0.2) is 53.4 Å². The van der Waals surface area contributed by atoms with Gasteiger partial charge >= 0.3 is 0 Å². The van der Waals surface area contributed by atoms with E-state index < -0.39 is 11.1 Å². The van der Waals surface area contributed by atoms with E-state index in [1.54, 1.807) is 24.3 Å². The van der Waals surface area contributed by atoms with Gasteiger partial charge in [-0.25, -0.2) is 4.21 Å². The summed E-state index contributed by atoms with van der Waals surface area (Å²) in [6.07, 6.45) is 0. The Balaban J connectivity index is 2.55. The van der Waals surface area contributed by atoms with Gasteiger partial charge in [0.1, 0.15) is 0 Å². The molecule has 0 amide bonds. The molecule has 0 heterocycles. The maximum atomic E-state index is 11.1. The zero-order valence-corrected chi connectivity index (χ0v) is 9.83. The van der Waals surface area contributed by atoms with Crippen LogP contribution in [0.2, 0.25) is 5.02 Å². The van der Waals surface area contributed by atoms with E-state index in [9.17, 15) is 4.21 Å². The summed E-state index contributed by atoms with van der Waals surface area (Å²) in [5, 5.41) is 0.645. The maximum Gasteiger partial charge on any atom is 0.187 e. The highest BCUT2D eigenvalue weighted by Gasteiger charge is 2.08. The lowest BCUT2D eigenvalue weighted by molar-refractivity contribution is 0.564. The molecule has 0 aliphatic heterocycles. The van der Waals surface area contributed by atoms with E-state index in [-0.39, 0.29) is 0 Å². The smallest absolute Gasteiger partial charge is 0.187 e. The highest BCUT2D eigenvalue weighted by molar-refractivity contribution is 7.79. The van der Waals surface area contributed by atoms with Gasteiger partial charge < -0.3 is 4.55 Å². The van der Waals surface area contributed by atoms with E-state index in [2.05, 4.69) is 0 Å². The zero-order chi connectivity index (χ0) is 11.5. The van der Waals surface area contributed by atoms with Crippen molar-refractivity contribution < 1.29 is 8.76 Å². The second-order valence-electron chi connectivity index (χ2n) is 3.25. The molecule has 0 saturated heterocycles. The second-order valence-corrected chi connectivity index (χ2v) is 4.63. The molecule has 0 fully saturated rings. The van der Waals surface area contributed by atoms with Crippen molar-refractivity contribution in [1.82, 2.24) is 0 Å². The quantitative estimate of drug-likeness (QED) is 0.830. The van der Waals surface area contributed by atoms with Crippen LogP contribution in [-0.4, -0.2) is 8.76 Å². The molecule has 0 aromatic heterocycles. The summed E-state index contributed by atoms with van der Waals surface area (Å²) >= 11 is 3.81. The number of hydrogen-bond acceptors (Lipinski definition) is 1. The molecule has 1 unspecified atom stereocenters. The predicted molar refractivity (Wildman–Crippen MR) is 65.9 cm³/mol. The van der Waals surface area contributed by atoms with Crippen LogP contribution in [0.1, 0.15) is 0 Å². The molecule has 16 heavy (non-hydrogen) atoms. The van der Waals surface area contributed by atoms with Crippen LogP contribution >= 0.6 is 11.6 Å². The molecule has 2 aromatic rings. The number of halogens is 1. The average molecular weight is 253 g/mol. The first kappa shape index (κ1) is 11.3. The van der Waals surface area contributed by atoms with Crippen LogP contribution < -0.4 is 0 Å². The van der Waals surface area contributed by atoms with Crippen molar-refractivity contribution in [2.45, 2.75) is 4.90 Å². The van der Waals surface area contributed by atoms with Crippen molar-refractivity contribution in [2.75, 3.05) is 0 Å². The molecule has 0 aliphatic rings. The van der Waals surface area contributed by atoms with Crippen molar-refractivity contribution in [3.63, 3.8) is 0 Å². The molecule has 0 saturated carbocycles. The largest absolute Gasteiger partial charge is 0.302 e. The summed E-state index contributed by atoms with van der Waals surface area (Å²) in [5.74, 6) is 0. The molecule has 1 atom stereocenters. The van der Waals surface area contributed by atoms with Crippen LogP contribution in [0.5, 0.6) is 0 Å². The van der Waals surface area contributed by atoms with Crippen LogP contribution in [0.25, 0.3) is 11.1 Å². The SMILES string of the molecule is O=S(O)c1ccccc1-c1ccc(Cl)cc1. The molecular formula is C12H9ClO2S. The summed E-state index contributed by atoms with van der Waals surface area (Å²) in [4.78, 5) is 0.407. The van der Waals surface area contributed by atoms with Gasteiger partial charge in [-0.3, -0.25) is 0 Å². The molecule has 0 aliphatic carbocycles. The highest BCUT2D eigenvalue weighted by atomic mass is 35.5. The van der Waals surface area contributed by atoms with Gasteiger partial charge in [0.05, 0.1) is 4.90 Å². The molecule has 0 radical (unpaired) electrons. The Hall–Kier alpha value is -1.16. The lowest BCUT2D eigenvalue weighted by Crippen LogP contribution is -1.92. The average Bonchev–Trinajstić information content (AvgIpc) is 2.30. The van der Waals surface area contributed by atoms with E-state index in [1.165, 1.54) is 0 Å². The normalized spacial score (nSPS) is 12.4. The monoisotopic (exact) mass is 252 g/mol. The third-order valence-corrected chi connectivity index (χ3v) is 3.21. The Bertz CT molecular complexity index is 523. The standard InChI is InChI=1S/C12H9ClO2S/c13-10-7-5-9(6-8-10)11-3-1-2-4-12(11)16(14)15/h1-8H,(H,14,15). The first-order valence-corrected chi connectivity index (χ1v) is 6.13. The molecule has 82 valence electrons. The summed E-state index contributed by atoms with van der Waals surface area (Å²) in [6, 6.07) is 14.2. The fourth-order valence-electron chi connectivity index (χ4n) is 1.49. The molecule has 2 aromatic carbocycles. The summed E-state index contributed by atoms with van der Waals surface area (Å²) in [6.45, 7) is 0. The van der Waals surface area contributed by atoms with Crippen LogP contribution in [-0.2, 0) is 11.1 Å². The Morgan fingerprint density at radius 1 is 1.00 bits per heavy atom. The lowest BCUT2D eigenvalue weighted by atomic mass is 10.1. The van der Waals surface area contributed by atoms with Crippen LogP contribution in [0.4, 0.5) is 0 Å². The van der Waals surface area contributed by atoms with E-state index in [0.29, 0.717) is 9.92 Å². The molecule has 2 rings (SSSR count). The lowest BCUT2D eigenvalue weighted by Gasteiger charge is -2.06. The van der Waals surface area contributed by atoms with Crippen molar-refractivity contribution in [2.24, 2.45) is 0 Å². The molecule has 0 bridgehead atoms. The third-order valence-electron chi connectivity index (χ3n) is 2.23. The van der Waals surface area contributed by atoms with Crippen LogP contribution in [0.3, 0.4) is 0 Å². The van der Waals surface area contributed by atoms with Crippen molar-refractivity contribution >= 4 is 22.7 Å². The zero-order valence-electron chi connectivity index (χ0n) is 8.26. The Morgan fingerprint density at radius 2 is 1.62 bits per heavy atom. The van der Waals surface area contributed by atoms with E-state index in [1.807, 2.05) is 24.3 Å². The minimum atomic E-state index is -1.98. The predicted octanol–water partition coefficient (Wildman–Crippen LogP) is 3.59. The third kappa shape index (κ3) is 2.32. The van der Waals surface area contributed by atoms with Gasteiger partial charge in [0.15, 0.2) is 11.1 Å². The van der Waals surface area contributed by atoms with Gasteiger partial charge in [0.25, 0.3) is 0 Å². The first-order valence-electron chi connectivity index (χ1n) is 4.64. The number of hydrogen-bond donors (Lipinski definition) is 1. The van der Waals surface area contributed by atoms with Gasteiger partial charge in [0.2, 0.25) is 0 Å². The van der Waals surface area contributed by atoms with Gasteiger partial charge in [-0.05, 0) is 23.8 Å². The minimum absolute atomic E-state index is 0.407. The number of rotatable bonds is 2. The first-order chi connectivity index (χ1) is 7.68. The fourth-order valence-corrected chi connectivity index (χ4v) is 2.18. The molecule has 0 spiro atoms. The molecule has 2 nitrogen and oxygen atoms in total. The van der Waals surface area contributed by atoms with Crippen molar-refractivity contribution in [3.8, 4) is 11.1 Å². The summed E-state index contributed by atoms with van der Waals surface area (Å²) in [7, 11) is 0. The van der Waals surface area contributed by atoms with E-state index in [4.69, 9.17) is 16.2 Å². The van der Waals surface area contributed by atoms with E-state index >= 15 is 0 Å². The van der Waals surface area contributed by atoms with Gasteiger partial charge in [-0.15, -0.1) is 0 Å². The Morgan fingerprint density at radius 3 is 2.25 bits per heavy atom. The minimum Gasteiger partial charge on any atom is -0.302 e. The fraction of sp³-hybridized carbons (Fsp3) is 0. The van der Waals surface area contributed by atoms with Gasteiger partial charge in [-0.2, -0.15) is 0 Å².